The minimum atomic E-state index is -0.542. The van der Waals surface area contributed by atoms with Crippen LogP contribution in [0.3, 0.4) is 0 Å². The number of aliphatic imine (C=N–C) groups is 1. The average Bonchev–Trinajstić information content (AvgIpc) is 3.15. The van der Waals surface area contributed by atoms with E-state index in [1.54, 1.807) is 0 Å². The van der Waals surface area contributed by atoms with Gasteiger partial charge < -0.3 is 15.4 Å². The molecule has 0 aliphatic carbocycles. The van der Waals surface area contributed by atoms with Crippen molar-refractivity contribution in [3.05, 3.63) is 125 Å². The highest BCUT2D eigenvalue weighted by Gasteiger charge is 2.46. The van der Waals surface area contributed by atoms with Gasteiger partial charge in [-0.15, -0.1) is 0 Å². The van der Waals surface area contributed by atoms with Crippen LogP contribution in [0.5, 0.6) is 11.5 Å². The van der Waals surface area contributed by atoms with Crippen LogP contribution in [0.25, 0.3) is 0 Å². The lowest BCUT2D eigenvalue weighted by atomic mass is 9.82. The summed E-state index contributed by atoms with van der Waals surface area (Å²) >= 11 is 0. The lowest BCUT2D eigenvalue weighted by Gasteiger charge is -2.32. The second-order valence-electron chi connectivity index (χ2n) is 8.35. The molecule has 2 heterocycles. The minimum Gasteiger partial charge on any atom is -0.457 e. The molecule has 0 saturated carbocycles. The van der Waals surface area contributed by atoms with Gasteiger partial charge in [0.15, 0.2) is 0 Å². The van der Waals surface area contributed by atoms with Crippen molar-refractivity contribution in [2.45, 2.75) is 18.6 Å². The Hall–Kier alpha value is -3.89. The summed E-state index contributed by atoms with van der Waals surface area (Å²) in [6.07, 6.45) is -0.395. The SMILES string of the molecule is CC12N=C(N(c3ccccc3)C(N)c3ccccc3)c3cccc(c31)Oc1ccccc12. The molecule has 4 heteroatoms. The maximum Gasteiger partial charge on any atom is 0.138 e. The van der Waals surface area contributed by atoms with E-state index in [1.807, 2.05) is 66.7 Å². The van der Waals surface area contributed by atoms with Gasteiger partial charge in [-0.25, -0.2) is 0 Å². The third-order valence-corrected chi connectivity index (χ3v) is 6.40. The molecule has 0 amide bonds. The Morgan fingerprint density at radius 3 is 2.22 bits per heavy atom. The zero-order valence-corrected chi connectivity index (χ0v) is 17.8. The van der Waals surface area contributed by atoms with E-state index < -0.39 is 11.7 Å². The maximum absolute atomic E-state index is 6.90. The molecule has 4 aromatic rings. The van der Waals surface area contributed by atoms with E-state index >= 15 is 0 Å². The number of ether oxygens (including phenoxy) is 1. The summed E-state index contributed by atoms with van der Waals surface area (Å²) in [6, 6.07) is 34.7. The van der Waals surface area contributed by atoms with Gasteiger partial charge in [0.1, 0.15) is 29.0 Å². The molecule has 156 valence electrons. The van der Waals surface area contributed by atoms with Gasteiger partial charge in [0.2, 0.25) is 0 Å². The molecular weight excluding hydrogens is 394 g/mol. The Labute approximate surface area is 187 Å². The van der Waals surface area contributed by atoms with E-state index in [-0.39, 0.29) is 0 Å². The van der Waals surface area contributed by atoms with E-state index in [4.69, 9.17) is 15.5 Å². The minimum absolute atomic E-state index is 0.395. The molecule has 0 bridgehead atoms. The number of nitrogens with zero attached hydrogens (tertiary/aromatic N) is 2. The van der Waals surface area contributed by atoms with Crippen molar-refractivity contribution >= 4 is 11.5 Å². The number of hydrogen-bond donors (Lipinski definition) is 1. The van der Waals surface area contributed by atoms with E-state index in [9.17, 15) is 0 Å². The second-order valence-corrected chi connectivity index (χ2v) is 8.35. The summed E-state index contributed by atoms with van der Waals surface area (Å²) in [5, 5.41) is 0. The van der Waals surface area contributed by atoms with Gasteiger partial charge in [-0.1, -0.05) is 78.9 Å². The molecule has 2 aliphatic rings. The van der Waals surface area contributed by atoms with Crippen LogP contribution >= 0.6 is 0 Å². The van der Waals surface area contributed by atoms with Gasteiger partial charge in [-0.3, -0.25) is 4.99 Å². The van der Waals surface area contributed by atoms with Crippen molar-refractivity contribution in [1.29, 1.82) is 0 Å². The molecule has 2 atom stereocenters. The molecule has 0 fully saturated rings. The molecule has 4 nitrogen and oxygen atoms in total. The van der Waals surface area contributed by atoms with Crippen molar-refractivity contribution in [2.75, 3.05) is 4.90 Å². The van der Waals surface area contributed by atoms with Crippen LogP contribution in [0.15, 0.2) is 108 Å². The first-order valence-corrected chi connectivity index (χ1v) is 10.8. The molecule has 2 unspecified atom stereocenters. The second kappa shape index (κ2) is 7.08. The van der Waals surface area contributed by atoms with Gasteiger partial charge in [0, 0.05) is 22.4 Å². The molecule has 0 aromatic heterocycles. The van der Waals surface area contributed by atoms with Crippen LogP contribution in [0, 0.1) is 0 Å². The summed E-state index contributed by atoms with van der Waals surface area (Å²) in [5.74, 6) is 2.55. The summed E-state index contributed by atoms with van der Waals surface area (Å²) in [7, 11) is 0. The van der Waals surface area contributed by atoms with Crippen LogP contribution in [-0.4, -0.2) is 5.84 Å². The fourth-order valence-electron chi connectivity index (χ4n) is 4.89. The predicted octanol–water partition coefficient (Wildman–Crippen LogP) is 5.98. The molecule has 2 N–H and O–H groups in total. The quantitative estimate of drug-likeness (QED) is 0.417. The van der Waals surface area contributed by atoms with Crippen LogP contribution in [0.4, 0.5) is 5.69 Å². The highest BCUT2D eigenvalue weighted by molar-refractivity contribution is 6.14. The Bertz CT molecular complexity index is 1330. The lowest BCUT2D eigenvalue weighted by molar-refractivity contribution is 0.415. The molecule has 6 rings (SSSR count). The third kappa shape index (κ3) is 2.70. The fraction of sp³-hybridized carbons (Fsp3) is 0.107. The number of benzene rings is 4. The molecule has 0 spiro atoms. The molecule has 4 aromatic carbocycles. The van der Waals surface area contributed by atoms with Crippen molar-refractivity contribution in [3.8, 4) is 11.5 Å². The number of fused-ring (bicyclic) bond motifs is 2. The van der Waals surface area contributed by atoms with Crippen LogP contribution in [-0.2, 0) is 5.54 Å². The molecule has 32 heavy (non-hydrogen) atoms. The Balaban J connectivity index is 1.59. The Morgan fingerprint density at radius 1 is 0.781 bits per heavy atom. The summed E-state index contributed by atoms with van der Waals surface area (Å²) in [5.41, 5.74) is 11.6. The van der Waals surface area contributed by atoms with E-state index in [2.05, 4.69) is 48.2 Å². The summed E-state index contributed by atoms with van der Waals surface area (Å²) < 4.78 is 6.29. The lowest BCUT2D eigenvalue weighted by Crippen LogP contribution is -2.39. The highest BCUT2D eigenvalue weighted by atomic mass is 16.5. The van der Waals surface area contributed by atoms with Gasteiger partial charge in [0.25, 0.3) is 0 Å². The number of para-hydroxylation sites is 2. The number of nitrogens with two attached hydrogens (primary N) is 1. The topological polar surface area (TPSA) is 50.8 Å². The van der Waals surface area contributed by atoms with Crippen LogP contribution < -0.4 is 15.4 Å². The summed E-state index contributed by atoms with van der Waals surface area (Å²) in [6.45, 7) is 2.17. The van der Waals surface area contributed by atoms with Crippen molar-refractivity contribution in [3.63, 3.8) is 0 Å². The monoisotopic (exact) mass is 417 g/mol. The fourth-order valence-corrected chi connectivity index (χ4v) is 4.89. The third-order valence-electron chi connectivity index (χ3n) is 6.40. The first kappa shape index (κ1) is 18.8. The number of amidine groups is 1. The maximum atomic E-state index is 6.90. The first-order chi connectivity index (χ1) is 15.7. The van der Waals surface area contributed by atoms with Crippen LogP contribution in [0.1, 0.15) is 35.3 Å². The first-order valence-electron chi connectivity index (χ1n) is 10.8. The number of hydrogen-bond acceptors (Lipinski definition) is 4. The van der Waals surface area contributed by atoms with Gasteiger partial charge in [-0.2, -0.15) is 0 Å². The van der Waals surface area contributed by atoms with E-state index in [0.717, 1.165) is 45.3 Å². The molecule has 0 saturated heterocycles. The van der Waals surface area contributed by atoms with Crippen molar-refractivity contribution in [1.82, 2.24) is 0 Å². The summed E-state index contributed by atoms with van der Waals surface area (Å²) in [4.78, 5) is 7.50. The standard InChI is InChI=1S/C28H23N3O/c1-28-22-16-8-9-17-23(22)32-24-18-10-15-21(25(24)28)27(30-28)31(20-13-6-3-7-14-20)26(29)19-11-4-2-5-12-19/h2-18,26H,29H2,1H3. The number of anilines is 1. The predicted molar refractivity (Wildman–Crippen MR) is 128 cm³/mol. The zero-order chi connectivity index (χ0) is 21.7. The largest absolute Gasteiger partial charge is 0.457 e. The highest BCUT2D eigenvalue weighted by Crippen LogP contribution is 2.53. The van der Waals surface area contributed by atoms with Crippen molar-refractivity contribution in [2.24, 2.45) is 10.7 Å². The Kier molecular flexibility index (Phi) is 4.17. The van der Waals surface area contributed by atoms with E-state index in [1.165, 1.54) is 0 Å². The van der Waals surface area contributed by atoms with Crippen LogP contribution in [0.2, 0.25) is 0 Å². The molecule has 0 radical (unpaired) electrons. The average molecular weight is 418 g/mol. The van der Waals surface area contributed by atoms with Gasteiger partial charge >= 0.3 is 0 Å². The van der Waals surface area contributed by atoms with Gasteiger partial charge in [-0.05, 0) is 36.8 Å². The van der Waals surface area contributed by atoms with Crippen molar-refractivity contribution < 1.29 is 4.74 Å². The van der Waals surface area contributed by atoms with Gasteiger partial charge in [0.05, 0.1) is 0 Å². The normalized spacial score (nSPS) is 18.8. The molecular formula is C28H23N3O. The number of rotatable bonds is 3. The molecule has 2 aliphatic heterocycles. The Morgan fingerprint density at radius 2 is 1.44 bits per heavy atom. The van der Waals surface area contributed by atoms with E-state index in [0.29, 0.717) is 0 Å². The zero-order valence-electron chi connectivity index (χ0n) is 17.8. The smallest absolute Gasteiger partial charge is 0.138 e.